The topological polar surface area (TPSA) is 182 Å². The van der Waals surface area contributed by atoms with E-state index >= 15 is 0 Å². The van der Waals surface area contributed by atoms with Crippen LogP contribution < -0.4 is 5.32 Å². The van der Waals surface area contributed by atoms with Gasteiger partial charge >= 0.3 is 0 Å². The Labute approximate surface area is 129 Å². The van der Waals surface area contributed by atoms with Crippen LogP contribution in [-0.2, 0) is 19.0 Å². The van der Waals surface area contributed by atoms with E-state index in [2.05, 4.69) is 0 Å². The third-order valence-corrected chi connectivity index (χ3v) is 3.52. The van der Waals surface area contributed by atoms with E-state index in [-0.39, 0.29) is 5.76 Å². The molecule has 0 aromatic carbocycles. The van der Waals surface area contributed by atoms with Gasteiger partial charge in [-0.25, -0.2) is 0 Å². The van der Waals surface area contributed by atoms with Crippen molar-refractivity contribution in [3.8, 4) is 6.07 Å². The summed E-state index contributed by atoms with van der Waals surface area (Å²) in [5.74, 6) is -1.12. The molecule has 6 N–H and O–H groups in total. The van der Waals surface area contributed by atoms with E-state index in [9.17, 15) is 35.6 Å². The Balaban J connectivity index is 2.33. The molecule has 1 fully saturated rings. The van der Waals surface area contributed by atoms with Gasteiger partial charge in [-0.15, -0.1) is 0 Å². The summed E-state index contributed by atoms with van der Waals surface area (Å²) in [7, 11) is 1.12. The number of nitrogens with zero attached hydrogens (tertiary/aromatic N) is 1. The second kappa shape index (κ2) is 6.38. The molecule has 1 saturated heterocycles. The van der Waals surface area contributed by atoms with Crippen molar-refractivity contribution in [2.45, 2.75) is 42.7 Å². The maximum absolute atomic E-state index is 11.4. The second-order valence-corrected chi connectivity index (χ2v) is 4.96. The zero-order valence-corrected chi connectivity index (χ0v) is 11.9. The van der Waals surface area contributed by atoms with E-state index in [1.54, 1.807) is 6.07 Å². The van der Waals surface area contributed by atoms with Crippen LogP contribution in [0.2, 0.25) is 0 Å². The zero-order valence-electron chi connectivity index (χ0n) is 11.9. The Morgan fingerprint density at radius 1 is 1.26 bits per heavy atom. The number of rotatable bonds is 3. The molecule has 0 bridgehead atoms. The van der Waals surface area contributed by atoms with Gasteiger partial charge in [-0.3, -0.25) is 4.79 Å². The SMILES string of the molecule is COC1=CC(=O)N[C@H](O)[C@]1(C#N)O[C@@H]1O[C@H](O)[C@@H](O)[C@H](O)[C@H]1O. The number of methoxy groups -OCH3 is 1. The molecule has 2 rings (SSSR count). The highest BCUT2D eigenvalue weighted by Crippen LogP contribution is 2.33. The van der Waals surface area contributed by atoms with Crippen LogP contribution >= 0.6 is 0 Å². The number of aliphatic hydroxyl groups is 5. The summed E-state index contributed by atoms with van der Waals surface area (Å²) in [4.78, 5) is 11.4. The van der Waals surface area contributed by atoms with Crippen LogP contribution in [0.3, 0.4) is 0 Å². The van der Waals surface area contributed by atoms with Crippen LogP contribution in [-0.4, -0.2) is 81.3 Å². The minimum atomic E-state index is -2.30. The number of amides is 1. The highest BCUT2D eigenvalue weighted by Gasteiger charge is 2.54. The number of carbonyl (C=O) groups is 1. The van der Waals surface area contributed by atoms with Gasteiger partial charge in [0.25, 0.3) is 5.60 Å². The first-order chi connectivity index (χ1) is 10.8. The normalized spacial score (nSPS) is 44.0. The molecule has 0 aliphatic carbocycles. The number of nitrogens with one attached hydrogen (secondary N) is 1. The second-order valence-electron chi connectivity index (χ2n) is 4.96. The summed E-state index contributed by atoms with van der Waals surface area (Å²) in [6, 6.07) is 1.60. The van der Waals surface area contributed by atoms with Crippen molar-refractivity contribution in [2.24, 2.45) is 0 Å². The van der Waals surface area contributed by atoms with Crippen molar-refractivity contribution in [3.63, 3.8) is 0 Å². The first-order valence-corrected chi connectivity index (χ1v) is 6.48. The molecule has 11 nitrogen and oxygen atoms in total. The Morgan fingerprint density at radius 3 is 2.48 bits per heavy atom. The van der Waals surface area contributed by atoms with E-state index in [0.29, 0.717) is 0 Å². The molecule has 128 valence electrons. The van der Waals surface area contributed by atoms with Crippen LogP contribution in [0.5, 0.6) is 0 Å². The third-order valence-electron chi connectivity index (χ3n) is 3.52. The van der Waals surface area contributed by atoms with Crippen LogP contribution in [0.1, 0.15) is 0 Å². The van der Waals surface area contributed by atoms with Crippen LogP contribution in [0, 0.1) is 11.3 Å². The summed E-state index contributed by atoms with van der Waals surface area (Å²) in [5.41, 5.74) is -2.30. The molecule has 2 aliphatic rings. The van der Waals surface area contributed by atoms with Gasteiger partial charge in [0.2, 0.25) is 5.91 Å². The molecule has 0 aromatic heterocycles. The van der Waals surface area contributed by atoms with Gasteiger partial charge < -0.3 is 45.1 Å². The monoisotopic (exact) mass is 332 g/mol. The van der Waals surface area contributed by atoms with Gasteiger partial charge in [0.05, 0.1) is 7.11 Å². The number of hydrogen-bond acceptors (Lipinski definition) is 10. The van der Waals surface area contributed by atoms with Gasteiger partial charge in [-0.05, 0) is 0 Å². The molecular weight excluding hydrogens is 316 g/mol. The quantitative estimate of drug-likeness (QED) is 0.298. The molecule has 0 saturated carbocycles. The fourth-order valence-electron chi connectivity index (χ4n) is 2.23. The Hall–Kier alpha value is -1.78. The fourth-order valence-corrected chi connectivity index (χ4v) is 2.23. The van der Waals surface area contributed by atoms with Gasteiger partial charge in [0.1, 0.15) is 24.4 Å². The van der Waals surface area contributed by atoms with Crippen LogP contribution in [0.15, 0.2) is 11.8 Å². The van der Waals surface area contributed by atoms with Crippen molar-refractivity contribution >= 4 is 5.91 Å². The first kappa shape index (κ1) is 17.6. The highest BCUT2D eigenvalue weighted by molar-refractivity contribution is 5.90. The third kappa shape index (κ3) is 2.89. The molecule has 0 radical (unpaired) electrons. The summed E-state index contributed by atoms with van der Waals surface area (Å²) >= 11 is 0. The van der Waals surface area contributed by atoms with Crippen molar-refractivity contribution in [1.29, 1.82) is 5.26 Å². The Morgan fingerprint density at radius 2 is 1.91 bits per heavy atom. The van der Waals surface area contributed by atoms with Crippen molar-refractivity contribution in [3.05, 3.63) is 11.8 Å². The Kier molecular flexibility index (Phi) is 4.87. The number of aliphatic hydroxyl groups excluding tert-OH is 5. The summed E-state index contributed by atoms with van der Waals surface area (Å²) in [5, 5.41) is 59.7. The lowest BCUT2D eigenvalue weighted by molar-refractivity contribution is -0.359. The lowest BCUT2D eigenvalue weighted by atomic mass is 9.96. The summed E-state index contributed by atoms with van der Waals surface area (Å²) in [6.07, 6.45) is -10.2. The van der Waals surface area contributed by atoms with Gasteiger partial charge in [-0.2, -0.15) is 5.26 Å². The molecule has 0 spiro atoms. The number of nitriles is 1. The van der Waals surface area contributed by atoms with Crippen molar-refractivity contribution < 1.29 is 44.5 Å². The average molecular weight is 332 g/mol. The fraction of sp³-hybridized carbons (Fsp3) is 0.667. The highest BCUT2D eigenvalue weighted by atomic mass is 16.8. The Bertz CT molecular complexity index is 547. The van der Waals surface area contributed by atoms with E-state index in [0.717, 1.165) is 13.2 Å². The molecule has 0 unspecified atom stereocenters. The smallest absolute Gasteiger partial charge is 0.258 e. The molecule has 2 aliphatic heterocycles. The van der Waals surface area contributed by atoms with E-state index in [1.807, 2.05) is 5.32 Å². The van der Waals surface area contributed by atoms with Gasteiger partial charge in [-0.1, -0.05) is 0 Å². The van der Waals surface area contributed by atoms with Gasteiger partial charge in [0.15, 0.2) is 24.6 Å². The number of hydrogen-bond donors (Lipinski definition) is 6. The molecule has 1 amide bonds. The minimum absolute atomic E-state index is 0.373. The van der Waals surface area contributed by atoms with Crippen LogP contribution in [0.4, 0.5) is 0 Å². The lowest BCUT2D eigenvalue weighted by Gasteiger charge is -2.43. The standard InChI is InChI=1S/C12H16N2O9/c1-21-4-2-5(15)14-11(20)12(4,3-13)23-10-8(18)6(16)7(17)9(19)22-10/h2,6-11,16-20H,1H3,(H,14,15)/t6-,7-,8+,9-,10-,11+,12+/m0/s1. The first-order valence-electron chi connectivity index (χ1n) is 6.48. The maximum Gasteiger partial charge on any atom is 0.258 e. The molecule has 23 heavy (non-hydrogen) atoms. The maximum atomic E-state index is 11.4. The van der Waals surface area contributed by atoms with Crippen molar-refractivity contribution in [1.82, 2.24) is 5.32 Å². The summed E-state index contributed by atoms with van der Waals surface area (Å²) < 4.78 is 14.9. The minimum Gasteiger partial charge on any atom is -0.496 e. The predicted octanol–water partition coefficient (Wildman–Crippen LogP) is -4.00. The zero-order chi connectivity index (χ0) is 17.4. The van der Waals surface area contributed by atoms with Crippen molar-refractivity contribution in [2.75, 3.05) is 7.11 Å². The number of carbonyl (C=O) groups excluding carboxylic acids is 1. The molecule has 7 atom stereocenters. The average Bonchev–Trinajstić information content (AvgIpc) is 2.52. The van der Waals surface area contributed by atoms with E-state index in [4.69, 9.17) is 14.2 Å². The van der Waals surface area contributed by atoms with Crippen LogP contribution in [0.25, 0.3) is 0 Å². The number of ether oxygens (including phenoxy) is 3. The van der Waals surface area contributed by atoms with E-state index < -0.39 is 48.6 Å². The van der Waals surface area contributed by atoms with Gasteiger partial charge in [0, 0.05) is 6.08 Å². The van der Waals surface area contributed by atoms with E-state index in [1.165, 1.54) is 0 Å². The molecule has 2 heterocycles. The molecule has 0 aromatic rings. The lowest BCUT2D eigenvalue weighted by Crippen LogP contribution is -2.64. The molecular formula is C12H16N2O9. The predicted molar refractivity (Wildman–Crippen MR) is 67.6 cm³/mol. The summed E-state index contributed by atoms with van der Waals surface area (Å²) in [6.45, 7) is 0. The molecule has 11 heteroatoms. The largest absolute Gasteiger partial charge is 0.496 e.